The van der Waals surface area contributed by atoms with Gasteiger partial charge in [0.25, 0.3) is 0 Å². The molecule has 0 bridgehead atoms. The predicted molar refractivity (Wildman–Crippen MR) is 81.2 cm³/mol. The molecule has 0 heterocycles. The van der Waals surface area contributed by atoms with E-state index in [0.717, 1.165) is 25.7 Å². The van der Waals surface area contributed by atoms with Gasteiger partial charge < -0.3 is 5.73 Å². The first-order chi connectivity index (χ1) is 9.46. The number of benzene rings is 1. The van der Waals surface area contributed by atoms with Gasteiger partial charge in [-0.15, -0.1) is 0 Å². The van der Waals surface area contributed by atoms with Gasteiger partial charge in [0.05, 0.1) is 5.02 Å². The molecule has 0 saturated heterocycles. The van der Waals surface area contributed by atoms with Gasteiger partial charge in [0.1, 0.15) is 4.90 Å². The molecule has 6 heteroatoms. The molecule has 0 radical (unpaired) electrons. The van der Waals surface area contributed by atoms with Crippen molar-refractivity contribution in [3.8, 4) is 0 Å². The molecule has 0 spiro atoms. The van der Waals surface area contributed by atoms with Crippen LogP contribution in [0.25, 0.3) is 0 Å². The minimum absolute atomic E-state index is 0.0288. The van der Waals surface area contributed by atoms with E-state index in [1.807, 2.05) is 6.92 Å². The molecule has 1 aromatic rings. The number of nitrogens with zero attached hydrogens (tertiary/aromatic N) is 1. The quantitative estimate of drug-likeness (QED) is 0.928. The fraction of sp³-hybridized carbons (Fsp3) is 0.571. The van der Waals surface area contributed by atoms with Crippen LogP contribution in [-0.2, 0) is 10.0 Å². The fourth-order valence-corrected chi connectivity index (χ4v) is 4.98. The first-order valence-electron chi connectivity index (χ1n) is 6.98. The number of halogens is 1. The zero-order chi connectivity index (χ0) is 14.8. The Balaban J connectivity index is 2.29. The van der Waals surface area contributed by atoms with Gasteiger partial charge in [-0.25, -0.2) is 8.42 Å². The monoisotopic (exact) mass is 316 g/mol. The largest absolute Gasteiger partial charge is 0.328 e. The summed E-state index contributed by atoms with van der Waals surface area (Å²) in [6.45, 7) is 2.32. The summed E-state index contributed by atoms with van der Waals surface area (Å²) in [5.41, 5.74) is 5.89. The van der Waals surface area contributed by atoms with Gasteiger partial charge in [0.15, 0.2) is 0 Å². The minimum atomic E-state index is -3.54. The molecule has 1 aliphatic carbocycles. The molecule has 1 saturated carbocycles. The molecule has 112 valence electrons. The Kier molecular flexibility index (Phi) is 5.07. The van der Waals surface area contributed by atoms with Crippen LogP contribution in [0, 0.1) is 0 Å². The van der Waals surface area contributed by atoms with E-state index in [4.69, 9.17) is 17.3 Å². The third-order valence-electron chi connectivity index (χ3n) is 3.88. The van der Waals surface area contributed by atoms with Crippen LogP contribution in [0.5, 0.6) is 0 Å². The van der Waals surface area contributed by atoms with E-state index in [9.17, 15) is 8.42 Å². The van der Waals surface area contributed by atoms with E-state index in [1.165, 1.54) is 0 Å². The number of nitrogens with two attached hydrogens (primary N) is 1. The minimum Gasteiger partial charge on any atom is -0.328 e. The summed E-state index contributed by atoms with van der Waals surface area (Å²) < 4.78 is 27.1. The van der Waals surface area contributed by atoms with Gasteiger partial charge in [0, 0.05) is 18.6 Å². The van der Waals surface area contributed by atoms with E-state index in [1.54, 1.807) is 28.6 Å². The Bertz CT molecular complexity index is 554. The van der Waals surface area contributed by atoms with Crippen molar-refractivity contribution >= 4 is 21.6 Å². The van der Waals surface area contributed by atoms with E-state index < -0.39 is 10.0 Å². The average Bonchev–Trinajstić information content (AvgIpc) is 2.42. The van der Waals surface area contributed by atoms with Crippen molar-refractivity contribution in [2.75, 3.05) is 6.54 Å². The van der Waals surface area contributed by atoms with Crippen LogP contribution >= 0.6 is 11.6 Å². The Morgan fingerprint density at radius 2 is 1.85 bits per heavy atom. The maximum absolute atomic E-state index is 12.8. The Hall–Kier alpha value is -0.620. The van der Waals surface area contributed by atoms with Crippen LogP contribution in [0.15, 0.2) is 29.2 Å². The molecule has 0 unspecified atom stereocenters. The molecule has 1 aliphatic rings. The lowest BCUT2D eigenvalue weighted by molar-refractivity contribution is 0.247. The third-order valence-corrected chi connectivity index (χ3v) is 6.41. The number of hydrogen-bond acceptors (Lipinski definition) is 3. The zero-order valence-corrected chi connectivity index (χ0v) is 13.2. The van der Waals surface area contributed by atoms with Crippen molar-refractivity contribution < 1.29 is 8.42 Å². The lowest BCUT2D eigenvalue weighted by Gasteiger charge is -2.34. The summed E-state index contributed by atoms with van der Waals surface area (Å²) in [5.74, 6) is 0. The predicted octanol–water partition coefficient (Wildman–Crippen LogP) is 2.62. The van der Waals surface area contributed by atoms with Gasteiger partial charge in [-0.2, -0.15) is 4.31 Å². The van der Waals surface area contributed by atoms with Crippen LogP contribution in [-0.4, -0.2) is 31.4 Å². The van der Waals surface area contributed by atoms with Crippen molar-refractivity contribution in [2.24, 2.45) is 5.73 Å². The van der Waals surface area contributed by atoms with Gasteiger partial charge in [-0.3, -0.25) is 0 Å². The fourth-order valence-electron chi connectivity index (χ4n) is 2.79. The average molecular weight is 317 g/mol. The third kappa shape index (κ3) is 3.17. The highest BCUT2D eigenvalue weighted by atomic mass is 35.5. The topological polar surface area (TPSA) is 63.4 Å². The number of rotatable bonds is 4. The molecular formula is C14H21ClN2O2S. The van der Waals surface area contributed by atoms with Crippen LogP contribution in [0.3, 0.4) is 0 Å². The number of sulfonamides is 1. The summed E-state index contributed by atoms with van der Waals surface area (Å²) in [5, 5.41) is 0.276. The Labute approximate surface area is 126 Å². The highest BCUT2D eigenvalue weighted by Crippen LogP contribution is 2.30. The van der Waals surface area contributed by atoms with Gasteiger partial charge in [-0.1, -0.05) is 30.7 Å². The zero-order valence-electron chi connectivity index (χ0n) is 11.6. The van der Waals surface area contributed by atoms with Gasteiger partial charge in [-0.05, 0) is 37.8 Å². The first kappa shape index (κ1) is 15.8. The molecule has 0 aliphatic heterocycles. The smallest absolute Gasteiger partial charge is 0.244 e. The Morgan fingerprint density at radius 3 is 2.40 bits per heavy atom. The maximum atomic E-state index is 12.8. The summed E-state index contributed by atoms with van der Waals surface area (Å²) in [4.78, 5) is 0.193. The first-order valence-corrected chi connectivity index (χ1v) is 8.80. The van der Waals surface area contributed by atoms with Crippen molar-refractivity contribution in [3.05, 3.63) is 29.3 Å². The summed E-state index contributed by atoms with van der Waals surface area (Å²) in [6, 6.07) is 6.84. The molecule has 1 fully saturated rings. The van der Waals surface area contributed by atoms with E-state index in [-0.39, 0.29) is 22.0 Å². The summed E-state index contributed by atoms with van der Waals surface area (Å²) in [7, 11) is -3.54. The number of hydrogen-bond donors (Lipinski definition) is 1. The molecule has 20 heavy (non-hydrogen) atoms. The summed E-state index contributed by atoms with van der Waals surface area (Å²) >= 11 is 6.05. The van der Waals surface area contributed by atoms with Crippen LogP contribution in [0.4, 0.5) is 0 Å². The van der Waals surface area contributed by atoms with Crippen molar-refractivity contribution in [1.29, 1.82) is 0 Å². The van der Waals surface area contributed by atoms with Crippen LogP contribution in [0.1, 0.15) is 32.6 Å². The van der Waals surface area contributed by atoms with Crippen LogP contribution < -0.4 is 5.73 Å². The molecule has 0 aromatic heterocycles. The molecule has 0 atom stereocenters. The molecule has 2 N–H and O–H groups in total. The molecular weight excluding hydrogens is 296 g/mol. The van der Waals surface area contributed by atoms with E-state index in [2.05, 4.69) is 0 Å². The van der Waals surface area contributed by atoms with Gasteiger partial charge in [0.2, 0.25) is 10.0 Å². The molecule has 4 nitrogen and oxygen atoms in total. The summed E-state index contributed by atoms with van der Waals surface area (Å²) in [6.07, 6.45) is 3.38. The SMILES string of the molecule is CCN(C1CCC(N)CC1)S(=O)(=O)c1ccccc1Cl. The lowest BCUT2D eigenvalue weighted by Crippen LogP contribution is -2.44. The van der Waals surface area contributed by atoms with E-state index in [0.29, 0.717) is 6.54 Å². The standard InChI is InChI=1S/C14H21ClN2O2S/c1-2-17(12-9-7-11(16)8-10-12)20(18,19)14-6-4-3-5-13(14)15/h3-6,11-12H,2,7-10,16H2,1H3. The van der Waals surface area contributed by atoms with Gasteiger partial charge >= 0.3 is 0 Å². The highest BCUT2D eigenvalue weighted by Gasteiger charge is 2.33. The van der Waals surface area contributed by atoms with Crippen molar-refractivity contribution in [2.45, 2.75) is 49.6 Å². The molecule has 0 amide bonds. The maximum Gasteiger partial charge on any atom is 0.244 e. The highest BCUT2D eigenvalue weighted by molar-refractivity contribution is 7.89. The van der Waals surface area contributed by atoms with Crippen molar-refractivity contribution in [1.82, 2.24) is 4.31 Å². The normalized spacial score (nSPS) is 24.0. The second-order valence-electron chi connectivity index (χ2n) is 5.21. The Morgan fingerprint density at radius 1 is 1.25 bits per heavy atom. The van der Waals surface area contributed by atoms with Crippen molar-refractivity contribution in [3.63, 3.8) is 0 Å². The second-order valence-corrected chi connectivity index (χ2v) is 7.47. The van der Waals surface area contributed by atoms with Crippen LogP contribution in [0.2, 0.25) is 5.02 Å². The van der Waals surface area contributed by atoms with E-state index >= 15 is 0 Å². The lowest BCUT2D eigenvalue weighted by atomic mass is 9.92. The molecule has 2 rings (SSSR count). The molecule has 1 aromatic carbocycles. The second kappa shape index (κ2) is 6.43.